The summed E-state index contributed by atoms with van der Waals surface area (Å²) in [6.07, 6.45) is 2.48. The summed E-state index contributed by atoms with van der Waals surface area (Å²) < 4.78 is 5.85. The van der Waals surface area contributed by atoms with Gasteiger partial charge in [0.15, 0.2) is 5.96 Å². The van der Waals surface area contributed by atoms with E-state index >= 15 is 0 Å². The number of hydrogen-bond acceptors (Lipinski definition) is 3. The molecule has 1 fully saturated rings. The highest BCUT2D eigenvalue weighted by Gasteiger charge is 2.18. The smallest absolute Gasteiger partial charge is 0.193 e. The molecule has 0 spiro atoms. The van der Waals surface area contributed by atoms with Crippen LogP contribution < -0.4 is 15.8 Å². The second-order valence-electron chi connectivity index (χ2n) is 6.70. The van der Waals surface area contributed by atoms with Gasteiger partial charge in [0.25, 0.3) is 0 Å². The number of hydrogen-bond donors (Lipinski definition) is 2. The number of likely N-dealkylation sites (tertiary alicyclic amines) is 1. The average Bonchev–Trinajstić information content (AvgIpc) is 2.68. The first-order valence-electron chi connectivity index (χ1n) is 9.35. The average molecular weight is 352 g/mol. The first-order chi connectivity index (χ1) is 12.7. The maximum Gasteiger partial charge on any atom is 0.193 e. The molecule has 1 atom stereocenters. The lowest BCUT2D eigenvalue weighted by Gasteiger charge is -2.30. The zero-order chi connectivity index (χ0) is 18.2. The fraction of sp³-hybridized carbons (Fsp3) is 0.381. The highest BCUT2D eigenvalue weighted by molar-refractivity contribution is 5.92. The normalized spacial score (nSPS) is 18.5. The van der Waals surface area contributed by atoms with Crippen LogP contribution in [0.2, 0.25) is 0 Å². The van der Waals surface area contributed by atoms with E-state index in [0.717, 1.165) is 36.8 Å². The third-order valence-electron chi connectivity index (χ3n) is 4.66. The number of rotatable bonds is 6. The van der Waals surface area contributed by atoms with E-state index in [1.807, 2.05) is 54.6 Å². The van der Waals surface area contributed by atoms with Crippen LogP contribution >= 0.6 is 0 Å². The molecule has 3 N–H and O–H groups in total. The van der Waals surface area contributed by atoms with E-state index in [-0.39, 0.29) is 0 Å². The van der Waals surface area contributed by atoms with E-state index in [2.05, 4.69) is 22.1 Å². The number of ether oxygens (including phenoxy) is 1. The van der Waals surface area contributed by atoms with Crippen LogP contribution in [-0.2, 0) is 0 Å². The van der Waals surface area contributed by atoms with Crippen molar-refractivity contribution in [2.75, 3.05) is 31.5 Å². The van der Waals surface area contributed by atoms with Gasteiger partial charge in [-0.15, -0.1) is 0 Å². The number of para-hydroxylation sites is 1. The Kier molecular flexibility index (Phi) is 6.50. The van der Waals surface area contributed by atoms with Crippen LogP contribution in [0.1, 0.15) is 19.8 Å². The second-order valence-corrected chi connectivity index (χ2v) is 6.70. The molecule has 2 aromatic carbocycles. The minimum Gasteiger partial charge on any atom is -0.457 e. The SMILES string of the molecule is CCN1CCCC(CN=C(N)Nc2cccc(Oc3ccccc3)c2)C1. The molecule has 1 aliphatic rings. The molecule has 0 bridgehead atoms. The van der Waals surface area contributed by atoms with Gasteiger partial charge in [0.1, 0.15) is 11.5 Å². The number of benzene rings is 2. The lowest BCUT2D eigenvalue weighted by Crippen LogP contribution is -2.36. The van der Waals surface area contributed by atoms with Crippen molar-refractivity contribution in [1.29, 1.82) is 0 Å². The highest BCUT2D eigenvalue weighted by atomic mass is 16.5. The van der Waals surface area contributed by atoms with Crippen LogP contribution in [0.5, 0.6) is 11.5 Å². The third-order valence-corrected chi connectivity index (χ3v) is 4.66. The van der Waals surface area contributed by atoms with Crippen molar-refractivity contribution in [3.05, 3.63) is 54.6 Å². The minimum atomic E-state index is 0.454. The summed E-state index contributed by atoms with van der Waals surface area (Å²) in [5.41, 5.74) is 6.95. The van der Waals surface area contributed by atoms with Crippen LogP contribution in [0.4, 0.5) is 5.69 Å². The maximum absolute atomic E-state index is 6.08. The van der Waals surface area contributed by atoms with Crippen LogP contribution in [0, 0.1) is 5.92 Å². The zero-order valence-corrected chi connectivity index (χ0v) is 15.4. The van der Waals surface area contributed by atoms with Crippen LogP contribution in [0.3, 0.4) is 0 Å². The predicted molar refractivity (Wildman–Crippen MR) is 108 cm³/mol. The van der Waals surface area contributed by atoms with Gasteiger partial charge in [-0.05, 0) is 56.1 Å². The molecule has 0 saturated carbocycles. The number of aliphatic imine (C=N–C) groups is 1. The number of guanidine groups is 1. The van der Waals surface area contributed by atoms with Gasteiger partial charge in [0.2, 0.25) is 0 Å². The van der Waals surface area contributed by atoms with Crippen molar-refractivity contribution in [3.8, 4) is 11.5 Å². The molecule has 1 saturated heterocycles. The van der Waals surface area contributed by atoms with Crippen molar-refractivity contribution in [1.82, 2.24) is 4.90 Å². The Labute approximate surface area is 155 Å². The van der Waals surface area contributed by atoms with Gasteiger partial charge in [0, 0.05) is 24.8 Å². The number of anilines is 1. The molecule has 26 heavy (non-hydrogen) atoms. The fourth-order valence-electron chi connectivity index (χ4n) is 3.26. The van der Waals surface area contributed by atoms with Gasteiger partial charge in [-0.3, -0.25) is 4.99 Å². The maximum atomic E-state index is 6.08. The summed E-state index contributed by atoms with van der Waals surface area (Å²) >= 11 is 0. The molecule has 2 aromatic rings. The first kappa shape index (κ1) is 18.3. The molecule has 5 nitrogen and oxygen atoms in total. The Balaban J connectivity index is 1.55. The van der Waals surface area contributed by atoms with Crippen molar-refractivity contribution < 1.29 is 4.74 Å². The van der Waals surface area contributed by atoms with Crippen LogP contribution in [0.25, 0.3) is 0 Å². The summed E-state index contributed by atoms with van der Waals surface area (Å²) in [6.45, 7) is 6.43. The van der Waals surface area contributed by atoms with Gasteiger partial charge in [-0.25, -0.2) is 0 Å². The van der Waals surface area contributed by atoms with Crippen LogP contribution in [-0.4, -0.2) is 37.0 Å². The molecule has 1 unspecified atom stereocenters. The van der Waals surface area contributed by atoms with Gasteiger partial charge in [0.05, 0.1) is 0 Å². The Morgan fingerprint density at radius 3 is 2.81 bits per heavy atom. The summed E-state index contributed by atoms with van der Waals surface area (Å²) in [6, 6.07) is 17.5. The molecule has 0 aromatic heterocycles. The lowest BCUT2D eigenvalue weighted by atomic mass is 9.98. The van der Waals surface area contributed by atoms with E-state index in [0.29, 0.717) is 11.9 Å². The number of piperidine rings is 1. The molecule has 1 heterocycles. The Hall–Kier alpha value is -2.53. The fourth-order valence-corrected chi connectivity index (χ4v) is 3.26. The van der Waals surface area contributed by atoms with Crippen molar-refractivity contribution in [3.63, 3.8) is 0 Å². The van der Waals surface area contributed by atoms with E-state index in [4.69, 9.17) is 10.5 Å². The molecule has 0 radical (unpaired) electrons. The number of nitrogens with one attached hydrogen (secondary N) is 1. The first-order valence-corrected chi connectivity index (χ1v) is 9.35. The summed E-state index contributed by atoms with van der Waals surface area (Å²) in [5, 5.41) is 3.17. The Morgan fingerprint density at radius 1 is 1.19 bits per heavy atom. The molecule has 3 rings (SSSR count). The number of nitrogens with two attached hydrogens (primary N) is 1. The summed E-state index contributed by atoms with van der Waals surface area (Å²) in [4.78, 5) is 7.03. The Bertz CT molecular complexity index is 717. The molecular formula is C21H28N4O. The van der Waals surface area contributed by atoms with Crippen molar-refractivity contribution in [2.45, 2.75) is 19.8 Å². The van der Waals surface area contributed by atoms with E-state index in [1.54, 1.807) is 0 Å². The van der Waals surface area contributed by atoms with Crippen LogP contribution in [0.15, 0.2) is 59.6 Å². The molecular weight excluding hydrogens is 324 g/mol. The largest absolute Gasteiger partial charge is 0.457 e. The van der Waals surface area contributed by atoms with Crippen molar-refractivity contribution >= 4 is 11.6 Å². The van der Waals surface area contributed by atoms with Gasteiger partial charge in [-0.2, -0.15) is 0 Å². The number of nitrogens with zero attached hydrogens (tertiary/aromatic N) is 2. The standard InChI is InChI=1S/C21H28N4O/c1-2-25-13-7-8-17(16-25)15-23-21(22)24-18-9-6-12-20(14-18)26-19-10-4-3-5-11-19/h3-6,9-12,14,17H,2,7-8,13,15-16H2,1H3,(H3,22,23,24). The zero-order valence-electron chi connectivity index (χ0n) is 15.4. The molecule has 0 aliphatic carbocycles. The summed E-state index contributed by atoms with van der Waals surface area (Å²) in [7, 11) is 0. The lowest BCUT2D eigenvalue weighted by molar-refractivity contribution is 0.187. The highest BCUT2D eigenvalue weighted by Crippen LogP contribution is 2.23. The molecule has 5 heteroatoms. The molecule has 1 aliphatic heterocycles. The van der Waals surface area contributed by atoms with Crippen molar-refractivity contribution in [2.24, 2.45) is 16.6 Å². The van der Waals surface area contributed by atoms with Gasteiger partial charge < -0.3 is 20.7 Å². The van der Waals surface area contributed by atoms with Gasteiger partial charge >= 0.3 is 0 Å². The second kappa shape index (κ2) is 9.25. The monoisotopic (exact) mass is 352 g/mol. The van der Waals surface area contributed by atoms with E-state index in [1.165, 1.54) is 19.4 Å². The van der Waals surface area contributed by atoms with E-state index < -0.39 is 0 Å². The minimum absolute atomic E-state index is 0.454. The Morgan fingerprint density at radius 2 is 2.00 bits per heavy atom. The van der Waals surface area contributed by atoms with E-state index in [9.17, 15) is 0 Å². The molecule has 138 valence electrons. The predicted octanol–water partition coefficient (Wildman–Crippen LogP) is 3.94. The summed E-state index contributed by atoms with van der Waals surface area (Å²) in [5.74, 6) is 2.62. The molecule has 0 amide bonds. The third kappa shape index (κ3) is 5.49. The quantitative estimate of drug-likeness (QED) is 0.611. The van der Waals surface area contributed by atoms with Gasteiger partial charge in [-0.1, -0.05) is 31.2 Å². The topological polar surface area (TPSA) is 62.9 Å².